The Morgan fingerprint density at radius 2 is 2.24 bits per heavy atom. The molecular weight excluding hydrogens is 236 g/mol. The highest BCUT2D eigenvalue weighted by atomic mass is 35.5. The lowest BCUT2D eigenvalue weighted by Gasteiger charge is -2.13. The van der Waals surface area contributed by atoms with Gasteiger partial charge >= 0.3 is 0 Å². The molecule has 2 aromatic rings. The predicted octanol–water partition coefficient (Wildman–Crippen LogP) is 3.03. The van der Waals surface area contributed by atoms with E-state index in [9.17, 15) is 5.11 Å². The summed E-state index contributed by atoms with van der Waals surface area (Å²) in [6.07, 6.45) is 2.01. The Hall–Kier alpha value is -1.32. The standard InChI is InChI=1S/C13H15ClN2O/c1-2-8-16-12(6-7-15-16)13(17)10-4-3-5-11(14)9-10/h3-7,9,13,17H,2,8H2,1H3. The number of hydrogen-bond acceptors (Lipinski definition) is 2. The molecule has 0 aliphatic rings. The van der Waals surface area contributed by atoms with Gasteiger partial charge in [-0.2, -0.15) is 5.10 Å². The van der Waals surface area contributed by atoms with Crippen LogP contribution >= 0.6 is 11.6 Å². The van der Waals surface area contributed by atoms with Crippen molar-refractivity contribution in [3.63, 3.8) is 0 Å². The van der Waals surface area contributed by atoms with E-state index in [0.29, 0.717) is 5.02 Å². The van der Waals surface area contributed by atoms with Crippen molar-refractivity contribution >= 4 is 11.6 Å². The first kappa shape index (κ1) is 12.1. The Morgan fingerprint density at radius 3 is 2.94 bits per heavy atom. The minimum atomic E-state index is -0.678. The fourth-order valence-corrected chi connectivity index (χ4v) is 2.02. The Balaban J connectivity index is 2.30. The van der Waals surface area contributed by atoms with Crippen LogP contribution in [0.15, 0.2) is 36.5 Å². The summed E-state index contributed by atoms with van der Waals surface area (Å²) >= 11 is 5.92. The molecule has 1 aromatic heterocycles. The third-order valence-corrected chi connectivity index (χ3v) is 2.86. The van der Waals surface area contributed by atoms with Gasteiger partial charge in [0.25, 0.3) is 0 Å². The van der Waals surface area contributed by atoms with Gasteiger partial charge in [-0.3, -0.25) is 4.68 Å². The summed E-state index contributed by atoms with van der Waals surface area (Å²) in [6.45, 7) is 2.89. The lowest BCUT2D eigenvalue weighted by Crippen LogP contribution is -2.10. The summed E-state index contributed by atoms with van der Waals surface area (Å²) in [7, 11) is 0. The van der Waals surface area contributed by atoms with Gasteiger partial charge in [0.1, 0.15) is 6.10 Å². The molecule has 0 radical (unpaired) electrons. The second-order valence-electron chi connectivity index (χ2n) is 3.94. The Kier molecular flexibility index (Phi) is 3.82. The van der Waals surface area contributed by atoms with Crippen LogP contribution in [0.4, 0.5) is 0 Å². The molecule has 1 aromatic carbocycles. The van der Waals surface area contributed by atoms with Crippen molar-refractivity contribution in [2.24, 2.45) is 0 Å². The first-order chi connectivity index (χ1) is 8.22. The van der Waals surface area contributed by atoms with Crippen LogP contribution in [0.5, 0.6) is 0 Å². The van der Waals surface area contributed by atoms with E-state index in [1.54, 1.807) is 18.3 Å². The van der Waals surface area contributed by atoms with E-state index in [-0.39, 0.29) is 0 Å². The molecular formula is C13H15ClN2O. The molecule has 0 fully saturated rings. The molecule has 0 saturated heterocycles. The van der Waals surface area contributed by atoms with E-state index in [1.807, 2.05) is 22.9 Å². The van der Waals surface area contributed by atoms with Crippen LogP contribution in [0.25, 0.3) is 0 Å². The van der Waals surface area contributed by atoms with Gasteiger partial charge in [0.2, 0.25) is 0 Å². The zero-order chi connectivity index (χ0) is 12.3. The van der Waals surface area contributed by atoms with E-state index in [0.717, 1.165) is 24.2 Å². The average molecular weight is 251 g/mol. The van der Waals surface area contributed by atoms with Gasteiger partial charge < -0.3 is 5.11 Å². The summed E-state index contributed by atoms with van der Waals surface area (Å²) < 4.78 is 1.82. The third kappa shape index (κ3) is 2.68. The highest BCUT2D eigenvalue weighted by Gasteiger charge is 2.15. The first-order valence-electron chi connectivity index (χ1n) is 5.67. The van der Waals surface area contributed by atoms with Crippen molar-refractivity contribution in [3.8, 4) is 0 Å². The second kappa shape index (κ2) is 5.34. The van der Waals surface area contributed by atoms with Gasteiger partial charge in [0.05, 0.1) is 5.69 Å². The molecule has 0 saturated carbocycles. The lowest BCUT2D eigenvalue weighted by atomic mass is 10.1. The molecule has 0 amide bonds. The van der Waals surface area contributed by atoms with E-state index >= 15 is 0 Å². The highest BCUT2D eigenvalue weighted by molar-refractivity contribution is 6.30. The smallest absolute Gasteiger partial charge is 0.121 e. The molecule has 3 nitrogen and oxygen atoms in total. The van der Waals surface area contributed by atoms with Gasteiger partial charge in [-0.25, -0.2) is 0 Å². The monoisotopic (exact) mass is 250 g/mol. The number of hydrogen-bond donors (Lipinski definition) is 1. The van der Waals surface area contributed by atoms with Crippen molar-refractivity contribution in [2.75, 3.05) is 0 Å². The molecule has 4 heteroatoms. The Bertz CT molecular complexity index is 496. The van der Waals surface area contributed by atoms with E-state index in [4.69, 9.17) is 11.6 Å². The number of halogens is 1. The van der Waals surface area contributed by atoms with Crippen molar-refractivity contribution in [1.29, 1.82) is 0 Å². The molecule has 1 unspecified atom stereocenters. The zero-order valence-corrected chi connectivity index (χ0v) is 10.4. The molecule has 1 atom stereocenters. The van der Waals surface area contributed by atoms with Gasteiger partial charge in [0, 0.05) is 17.8 Å². The maximum Gasteiger partial charge on any atom is 0.121 e. The van der Waals surface area contributed by atoms with Gasteiger partial charge in [-0.1, -0.05) is 30.7 Å². The first-order valence-corrected chi connectivity index (χ1v) is 6.05. The van der Waals surface area contributed by atoms with Crippen molar-refractivity contribution in [3.05, 3.63) is 52.8 Å². The molecule has 0 aliphatic carbocycles. The van der Waals surface area contributed by atoms with Crippen molar-refractivity contribution in [2.45, 2.75) is 26.0 Å². The number of benzene rings is 1. The van der Waals surface area contributed by atoms with E-state index in [1.165, 1.54) is 0 Å². The number of aliphatic hydroxyl groups excluding tert-OH is 1. The number of aliphatic hydroxyl groups is 1. The Labute approximate surface area is 106 Å². The highest BCUT2D eigenvalue weighted by Crippen LogP contribution is 2.24. The summed E-state index contributed by atoms with van der Waals surface area (Å²) in [5, 5.41) is 15.1. The third-order valence-electron chi connectivity index (χ3n) is 2.63. The maximum absolute atomic E-state index is 10.3. The maximum atomic E-state index is 10.3. The van der Waals surface area contributed by atoms with Crippen LogP contribution in [0, 0.1) is 0 Å². The zero-order valence-electron chi connectivity index (χ0n) is 9.68. The van der Waals surface area contributed by atoms with Crippen LogP contribution < -0.4 is 0 Å². The summed E-state index contributed by atoms with van der Waals surface area (Å²) in [5.41, 5.74) is 1.59. The summed E-state index contributed by atoms with van der Waals surface area (Å²) in [4.78, 5) is 0. The number of aromatic nitrogens is 2. The molecule has 90 valence electrons. The summed E-state index contributed by atoms with van der Waals surface area (Å²) in [5.74, 6) is 0. The minimum Gasteiger partial charge on any atom is -0.382 e. The minimum absolute atomic E-state index is 0.628. The molecule has 2 rings (SSSR count). The van der Waals surface area contributed by atoms with E-state index in [2.05, 4.69) is 12.0 Å². The van der Waals surface area contributed by atoms with Crippen LogP contribution in [0.3, 0.4) is 0 Å². The van der Waals surface area contributed by atoms with E-state index < -0.39 is 6.10 Å². The number of nitrogens with zero attached hydrogens (tertiary/aromatic N) is 2. The van der Waals surface area contributed by atoms with Crippen LogP contribution in [0.1, 0.15) is 30.7 Å². The lowest BCUT2D eigenvalue weighted by molar-refractivity contribution is 0.207. The average Bonchev–Trinajstić information content (AvgIpc) is 2.77. The molecule has 0 bridgehead atoms. The van der Waals surface area contributed by atoms with Gasteiger partial charge in [0.15, 0.2) is 0 Å². The molecule has 17 heavy (non-hydrogen) atoms. The molecule has 0 spiro atoms. The number of rotatable bonds is 4. The van der Waals surface area contributed by atoms with Gasteiger partial charge in [-0.15, -0.1) is 0 Å². The van der Waals surface area contributed by atoms with Crippen LogP contribution in [-0.2, 0) is 6.54 Å². The largest absolute Gasteiger partial charge is 0.382 e. The van der Waals surface area contributed by atoms with Crippen molar-refractivity contribution in [1.82, 2.24) is 9.78 Å². The molecule has 1 heterocycles. The normalized spacial score (nSPS) is 12.6. The van der Waals surface area contributed by atoms with Crippen molar-refractivity contribution < 1.29 is 5.11 Å². The quantitative estimate of drug-likeness (QED) is 0.906. The van der Waals surface area contributed by atoms with Crippen LogP contribution in [0.2, 0.25) is 5.02 Å². The Morgan fingerprint density at radius 1 is 1.41 bits per heavy atom. The predicted molar refractivity (Wildman–Crippen MR) is 68.0 cm³/mol. The second-order valence-corrected chi connectivity index (χ2v) is 4.37. The van der Waals surface area contributed by atoms with Crippen LogP contribution in [-0.4, -0.2) is 14.9 Å². The molecule has 1 N–H and O–H groups in total. The van der Waals surface area contributed by atoms with Gasteiger partial charge in [-0.05, 0) is 30.2 Å². The SMILES string of the molecule is CCCn1nccc1C(O)c1cccc(Cl)c1. The fraction of sp³-hybridized carbons (Fsp3) is 0.308. The molecule has 0 aliphatic heterocycles. The number of aryl methyl sites for hydroxylation is 1. The fourth-order valence-electron chi connectivity index (χ4n) is 1.82. The summed E-state index contributed by atoms with van der Waals surface area (Å²) in [6, 6.07) is 9.10. The topological polar surface area (TPSA) is 38.0 Å².